The molecular formula is C18H13F3N2O2. The Morgan fingerprint density at radius 2 is 1.84 bits per heavy atom. The molecule has 0 spiro atoms. The molecule has 7 heteroatoms. The van der Waals surface area contributed by atoms with Gasteiger partial charge in [-0.1, -0.05) is 17.7 Å². The molecule has 128 valence electrons. The van der Waals surface area contributed by atoms with Gasteiger partial charge in [0.1, 0.15) is 11.6 Å². The number of hydrogen-bond acceptors (Lipinski definition) is 4. The van der Waals surface area contributed by atoms with Crippen molar-refractivity contribution in [3.8, 4) is 23.6 Å². The number of aromatic hydroxyl groups is 1. The van der Waals surface area contributed by atoms with Gasteiger partial charge in [-0.25, -0.2) is 0 Å². The largest absolute Gasteiger partial charge is 0.503 e. The molecule has 2 aromatic carbocycles. The molecular weight excluding hydrogens is 333 g/mol. The van der Waals surface area contributed by atoms with E-state index in [9.17, 15) is 28.8 Å². The number of nitrogens with zero attached hydrogens (tertiary/aromatic N) is 2. The average molecular weight is 346 g/mol. The molecule has 0 aliphatic heterocycles. The van der Waals surface area contributed by atoms with Crippen molar-refractivity contribution in [2.75, 3.05) is 7.11 Å². The molecule has 0 amide bonds. The normalized spacial score (nSPS) is 10.8. The van der Waals surface area contributed by atoms with E-state index in [4.69, 9.17) is 4.74 Å². The third-order valence-electron chi connectivity index (χ3n) is 3.76. The maximum Gasteiger partial charge on any atom is 0.416 e. The highest BCUT2D eigenvalue weighted by molar-refractivity contribution is 5.63. The van der Waals surface area contributed by atoms with E-state index in [0.29, 0.717) is 5.56 Å². The standard InChI is InChI=1S/C18H13F3N2O2/c1-10-3-4-11(15(5-10)18(19,20)21)6-13-12(8-22)7-16(25-2)17(24)14(13)9-23/h3-5,7,24H,6H2,1-2H3. The molecule has 0 radical (unpaired) electrons. The van der Waals surface area contributed by atoms with Crippen LogP contribution >= 0.6 is 0 Å². The van der Waals surface area contributed by atoms with Gasteiger partial charge in [0.2, 0.25) is 0 Å². The minimum absolute atomic E-state index is 0.0256. The van der Waals surface area contributed by atoms with E-state index in [-0.39, 0.29) is 34.4 Å². The summed E-state index contributed by atoms with van der Waals surface area (Å²) in [6.07, 6.45) is -4.89. The van der Waals surface area contributed by atoms with Crippen molar-refractivity contribution in [1.82, 2.24) is 0 Å². The first kappa shape index (κ1) is 18.2. The average Bonchev–Trinajstić information content (AvgIpc) is 2.56. The Bertz CT molecular complexity index is 906. The lowest BCUT2D eigenvalue weighted by molar-refractivity contribution is -0.138. The van der Waals surface area contributed by atoms with Gasteiger partial charge < -0.3 is 9.84 Å². The molecule has 2 aromatic rings. The van der Waals surface area contributed by atoms with Crippen LogP contribution in [0, 0.1) is 29.6 Å². The highest BCUT2D eigenvalue weighted by Crippen LogP contribution is 2.38. The number of benzene rings is 2. The fourth-order valence-electron chi connectivity index (χ4n) is 2.55. The lowest BCUT2D eigenvalue weighted by Crippen LogP contribution is -2.11. The van der Waals surface area contributed by atoms with Gasteiger partial charge in [0.05, 0.1) is 24.3 Å². The van der Waals surface area contributed by atoms with E-state index >= 15 is 0 Å². The number of hydrogen-bond donors (Lipinski definition) is 1. The van der Waals surface area contributed by atoms with Crippen LogP contribution in [-0.4, -0.2) is 12.2 Å². The molecule has 0 saturated carbocycles. The summed E-state index contributed by atoms with van der Waals surface area (Å²) in [5.74, 6) is -0.587. The number of aryl methyl sites for hydroxylation is 1. The molecule has 2 rings (SSSR count). The Balaban J connectivity index is 2.69. The Morgan fingerprint density at radius 1 is 1.16 bits per heavy atom. The van der Waals surface area contributed by atoms with E-state index in [2.05, 4.69) is 0 Å². The van der Waals surface area contributed by atoms with E-state index in [1.165, 1.54) is 25.3 Å². The van der Waals surface area contributed by atoms with Crippen molar-refractivity contribution in [3.05, 3.63) is 57.6 Å². The molecule has 0 aliphatic carbocycles. The second-order valence-corrected chi connectivity index (χ2v) is 5.39. The smallest absolute Gasteiger partial charge is 0.416 e. The summed E-state index contributed by atoms with van der Waals surface area (Å²) in [5.41, 5.74) is -0.761. The van der Waals surface area contributed by atoms with Gasteiger partial charge in [-0.05, 0) is 24.1 Å². The monoisotopic (exact) mass is 346 g/mol. The van der Waals surface area contributed by atoms with Crippen LogP contribution in [0.3, 0.4) is 0 Å². The summed E-state index contributed by atoms with van der Waals surface area (Å²) in [6.45, 7) is 1.54. The molecule has 0 bridgehead atoms. The van der Waals surface area contributed by atoms with Crippen molar-refractivity contribution in [2.45, 2.75) is 19.5 Å². The lowest BCUT2D eigenvalue weighted by atomic mass is 9.91. The zero-order chi connectivity index (χ0) is 18.8. The third kappa shape index (κ3) is 3.51. The Hall–Kier alpha value is -3.19. The van der Waals surface area contributed by atoms with E-state index in [0.717, 1.165) is 6.07 Å². The first-order valence-corrected chi connectivity index (χ1v) is 7.12. The summed E-state index contributed by atoms with van der Waals surface area (Å²) in [7, 11) is 1.25. The number of phenols is 1. The molecule has 0 heterocycles. The van der Waals surface area contributed by atoms with Crippen molar-refractivity contribution in [2.24, 2.45) is 0 Å². The molecule has 0 fully saturated rings. The first-order chi connectivity index (χ1) is 11.7. The SMILES string of the molecule is COc1cc(C#N)c(Cc2ccc(C)cc2C(F)(F)F)c(C#N)c1O. The van der Waals surface area contributed by atoms with E-state index in [1.54, 1.807) is 13.0 Å². The summed E-state index contributed by atoms with van der Waals surface area (Å²) in [5, 5.41) is 28.6. The number of rotatable bonds is 3. The van der Waals surface area contributed by atoms with Crippen LogP contribution in [-0.2, 0) is 12.6 Å². The molecule has 0 saturated heterocycles. The summed E-state index contributed by atoms with van der Waals surface area (Å²) in [4.78, 5) is 0. The van der Waals surface area contributed by atoms with Crippen molar-refractivity contribution < 1.29 is 23.0 Å². The van der Waals surface area contributed by atoms with Crippen molar-refractivity contribution in [1.29, 1.82) is 10.5 Å². The second-order valence-electron chi connectivity index (χ2n) is 5.39. The highest BCUT2D eigenvalue weighted by Gasteiger charge is 2.34. The topological polar surface area (TPSA) is 77.0 Å². The maximum atomic E-state index is 13.3. The molecule has 0 unspecified atom stereocenters. The van der Waals surface area contributed by atoms with E-state index in [1.807, 2.05) is 6.07 Å². The molecule has 0 aromatic heterocycles. The number of alkyl halides is 3. The summed E-state index contributed by atoms with van der Waals surface area (Å²) < 4.78 is 44.8. The summed E-state index contributed by atoms with van der Waals surface area (Å²) in [6, 6.07) is 8.62. The van der Waals surface area contributed by atoms with Gasteiger partial charge in [0.15, 0.2) is 11.5 Å². The molecule has 1 N–H and O–H groups in total. The number of ether oxygens (including phenoxy) is 1. The van der Waals surface area contributed by atoms with Gasteiger partial charge in [0, 0.05) is 12.5 Å². The van der Waals surface area contributed by atoms with Gasteiger partial charge in [-0.15, -0.1) is 0 Å². The van der Waals surface area contributed by atoms with Crippen LogP contribution < -0.4 is 4.74 Å². The summed E-state index contributed by atoms with van der Waals surface area (Å²) >= 11 is 0. The highest BCUT2D eigenvalue weighted by atomic mass is 19.4. The Labute approximate surface area is 142 Å². The Kier molecular flexibility index (Phi) is 4.89. The number of halogens is 3. The van der Waals surface area contributed by atoms with Gasteiger partial charge in [0.25, 0.3) is 0 Å². The molecule has 0 atom stereocenters. The number of nitriles is 2. The molecule has 0 aliphatic rings. The zero-order valence-corrected chi connectivity index (χ0v) is 13.4. The first-order valence-electron chi connectivity index (χ1n) is 7.12. The maximum absolute atomic E-state index is 13.3. The van der Waals surface area contributed by atoms with Crippen LogP contribution in [0.25, 0.3) is 0 Å². The van der Waals surface area contributed by atoms with Crippen LogP contribution in [0.15, 0.2) is 24.3 Å². The number of methoxy groups -OCH3 is 1. The predicted octanol–water partition coefficient (Wildman–Crippen LogP) is 4.06. The predicted molar refractivity (Wildman–Crippen MR) is 83.1 cm³/mol. The Morgan fingerprint density at radius 3 is 2.36 bits per heavy atom. The van der Waals surface area contributed by atoms with Gasteiger partial charge in [-0.2, -0.15) is 23.7 Å². The van der Waals surface area contributed by atoms with Crippen LogP contribution in [0.4, 0.5) is 13.2 Å². The molecule has 4 nitrogen and oxygen atoms in total. The van der Waals surface area contributed by atoms with Crippen molar-refractivity contribution >= 4 is 0 Å². The number of phenolic OH excluding ortho intramolecular Hbond substituents is 1. The van der Waals surface area contributed by atoms with E-state index < -0.39 is 17.5 Å². The second kappa shape index (κ2) is 6.74. The van der Waals surface area contributed by atoms with Crippen LogP contribution in [0.2, 0.25) is 0 Å². The van der Waals surface area contributed by atoms with Gasteiger partial charge in [-0.3, -0.25) is 0 Å². The zero-order valence-electron chi connectivity index (χ0n) is 13.4. The van der Waals surface area contributed by atoms with Crippen LogP contribution in [0.5, 0.6) is 11.5 Å². The minimum atomic E-state index is -4.57. The minimum Gasteiger partial charge on any atom is -0.503 e. The molecule has 25 heavy (non-hydrogen) atoms. The fraction of sp³-hybridized carbons (Fsp3) is 0.222. The third-order valence-corrected chi connectivity index (χ3v) is 3.76. The lowest BCUT2D eigenvalue weighted by Gasteiger charge is -2.16. The quantitative estimate of drug-likeness (QED) is 0.909. The fourth-order valence-corrected chi connectivity index (χ4v) is 2.55. The van der Waals surface area contributed by atoms with Crippen molar-refractivity contribution in [3.63, 3.8) is 0 Å². The van der Waals surface area contributed by atoms with Crippen LogP contribution in [0.1, 0.15) is 33.4 Å². The van der Waals surface area contributed by atoms with Gasteiger partial charge >= 0.3 is 6.18 Å².